The molecule has 0 saturated carbocycles. The van der Waals surface area contributed by atoms with Crippen LogP contribution >= 0.6 is 0 Å². The van der Waals surface area contributed by atoms with Crippen molar-refractivity contribution in [3.63, 3.8) is 0 Å². The summed E-state index contributed by atoms with van der Waals surface area (Å²) in [4.78, 5) is 11.5. The summed E-state index contributed by atoms with van der Waals surface area (Å²) in [6, 6.07) is 4.67. The number of aryl methyl sites for hydroxylation is 2. The second-order valence-corrected chi connectivity index (χ2v) is 6.61. The topological polar surface area (TPSA) is 46.8 Å². The molecule has 0 aromatic carbocycles. The van der Waals surface area contributed by atoms with Crippen molar-refractivity contribution >= 4 is 0 Å². The molecule has 5 nitrogen and oxygen atoms in total. The molecule has 2 aromatic rings. The summed E-state index contributed by atoms with van der Waals surface area (Å²) in [7, 11) is 0. The van der Waals surface area contributed by atoms with Gasteiger partial charge in [-0.3, -0.25) is 9.58 Å². The van der Waals surface area contributed by atoms with Crippen LogP contribution in [0.4, 0.5) is 0 Å². The van der Waals surface area contributed by atoms with Gasteiger partial charge in [-0.15, -0.1) is 0 Å². The molecular weight excluding hydrogens is 274 g/mol. The highest BCUT2D eigenvalue weighted by atomic mass is 15.3. The number of likely N-dealkylation sites (tertiary alicyclic amines) is 1. The Morgan fingerprint density at radius 1 is 1.32 bits per heavy atom. The minimum absolute atomic E-state index is 0.376. The number of hydrogen-bond donors (Lipinski definition) is 0. The lowest BCUT2D eigenvalue weighted by Gasteiger charge is -2.17. The van der Waals surface area contributed by atoms with E-state index in [1.165, 1.54) is 5.69 Å². The fraction of sp³-hybridized carbons (Fsp3) is 0.588. The van der Waals surface area contributed by atoms with Crippen molar-refractivity contribution in [3.05, 3.63) is 41.2 Å². The Morgan fingerprint density at radius 2 is 2.14 bits per heavy atom. The standard InChI is InChI=1S/C17H25N5/c1-12(2)17-18-7-5-15(19-17)10-21-8-6-16(11-21)22-14(4)9-13(3)20-22/h5,7,9,12,16H,6,8,10-11H2,1-4H3. The van der Waals surface area contributed by atoms with Crippen molar-refractivity contribution < 1.29 is 0 Å². The first-order chi connectivity index (χ1) is 10.5. The van der Waals surface area contributed by atoms with E-state index in [9.17, 15) is 0 Å². The predicted molar refractivity (Wildman–Crippen MR) is 86.8 cm³/mol. The Morgan fingerprint density at radius 3 is 2.82 bits per heavy atom. The Labute approximate surface area is 132 Å². The molecule has 1 atom stereocenters. The van der Waals surface area contributed by atoms with Crippen LogP contribution in [0.3, 0.4) is 0 Å². The van der Waals surface area contributed by atoms with Crippen molar-refractivity contribution in [2.24, 2.45) is 0 Å². The van der Waals surface area contributed by atoms with Gasteiger partial charge in [0.1, 0.15) is 5.82 Å². The summed E-state index contributed by atoms with van der Waals surface area (Å²) < 4.78 is 2.19. The average molecular weight is 299 g/mol. The van der Waals surface area contributed by atoms with Crippen LogP contribution in [0.25, 0.3) is 0 Å². The van der Waals surface area contributed by atoms with Crippen LogP contribution < -0.4 is 0 Å². The van der Waals surface area contributed by atoms with Crippen molar-refractivity contribution in [2.75, 3.05) is 13.1 Å². The Hall–Kier alpha value is -1.75. The zero-order valence-electron chi connectivity index (χ0n) is 14.0. The predicted octanol–water partition coefficient (Wildman–Crippen LogP) is 2.86. The van der Waals surface area contributed by atoms with Gasteiger partial charge in [-0.2, -0.15) is 5.10 Å². The number of rotatable bonds is 4. The zero-order valence-corrected chi connectivity index (χ0v) is 14.0. The Bertz CT molecular complexity index is 646. The molecule has 0 aliphatic carbocycles. The second kappa shape index (κ2) is 6.16. The van der Waals surface area contributed by atoms with E-state index in [1.807, 2.05) is 12.3 Å². The van der Waals surface area contributed by atoms with Gasteiger partial charge in [0.2, 0.25) is 0 Å². The lowest BCUT2D eigenvalue weighted by atomic mass is 10.2. The third-order valence-corrected chi connectivity index (χ3v) is 4.27. The average Bonchev–Trinajstić information content (AvgIpc) is 3.05. The molecule has 118 valence electrons. The zero-order chi connectivity index (χ0) is 15.7. The van der Waals surface area contributed by atoms with Gasteiger partial charge in [-0.05, 0) is 32.4 Å². The summed E-state index contributed by atoms with van der Waals surface area (Å²) >= 11 is 0. The van der Waals surface area contributed by atoms with E-state index in [4.69, 9.17) is 0 Å². The summed E-state index contributed by atoms with van der Waals surface area (Å²) in [5.41, 5.74) is 3.48. The van der Waals surface area contributed by atoms with Crippen LogP contribution in [-0.2, 0) is 6.54 Å². The number of nitrogens with zero attached hydrogens (tertiary/aromatic N) is 5. The Kier molecular flexibility index (Phi) is 4.25. The second-order valence-electron chi connectivity index (χ2n) is 6.61. The quantitative estimate of drug-likeness (QED) is 0.871. The van der Waals surface area contributed by atoms with Crippen molar-refractivity contribution in [2.45, 2.75) is 52.6 Å². The van der Waals surface area contributed by atoms with Gasteiger partial charge in [-0.1, -0.05) is 13.8 Å². The molecule has 22 heavy (non-hydrogen) atoms. The van der Waals surface area contributed by atoms with Gasteiger partial charge in [0, 0.05) is 37.4 Å². The summed E-state index contributed by atoms with van der Waals surface area (Å²) in [6.07, 6.45) is 3.04. The van der Waals surface area contributed by atoms with Crippen LogP contribution in [0.5, 0.6) is 0 Å². The molecule has 0 amide bonds. The molecule has 1 unspecified atom stereocenters. The van der Waals surface area contributed by atoms with Crippen molar-refractivity contribution in [1.82, 2.24) is 24.6 Å². The summed E-state index contributed by atoms with van der Waals surface area (Å²) in [6.45, 7) is 11.5. The first-order valence-electron chi connectivity index (χ1n) is 8.10. The molecule has 3 heterocycles. The van der Waals surface area contributed by atoms with Crippen LogP contribution in [0, 0.1) is 13.8 Å². The first-order valence-corrected chi connectivity index (χ1v) is 8.10. The normalized spacial score (nSPS) is 19.2. The van der Waals surface area contributed by atoms with Gasteiger partial charge >= 0.3 is 0 Å². The lowest BCUT2D eigenvalue weighted by molar-refractivity contribution is 0.306. The van der Waals surface area contributed by atoms with Gasteiger partial charge in [0.05, 0.1) is 17.4 Å². The van der Waals surface area contributed by atoms with E-state index >= 15 is 0 Å². The fourth-order valence-electron chi connectivity index (χ4n) is 3.18. The number of hydrogen-bond acceptors (Lipinski definition) is 4. The van der Waals surface area contributed by atoms with Gasteiger partial charge < -0.3 is 0 Å². The summed E-state index contributed by atoms with van der Waals surface area (Å²) in [5, 5.41) is 4.64. The molecule has 0 spiro atoms. The third kappa shape index (κ3) is 3.19. The first kappa shape index (κ1) is 15.2. The largest absolute Gasteiger partial charge is 0.295 e. The third-order valence-electron chi connectivity index (χ3n) is 4.27. The van der Waals surface area contributed by atoms with Crippen LogP contribution in [0.2, 0.25) is 0 Å². The maximum atomic E-state index is 4.68. The van der Waals surface area contributed by atoms with Crippen molar-refractivity contribution in [3.8, 4) is 0 Å². The van der Waals surface area contributed by atoms with E-state index in [1.54, 1.807) is 0 Å². The summed E-state index contributed by atoms with van der Waals surface area (Å²) in [5.74, 6) is 1.31. The van der Waals surface area contributed by atoms with Gasteiger partial charge in [-0.25, -0.2) is 9.97 Å². The van der Waals surface area contributed by atoms with E-state index in [0.29, 0.717) is 12.0 Å². The highest BCUT2D eigenvalue weighted by molar-refractivity contribution is 5.09. The van der Waals surface area contributed by atoms with Gasteiger partial charge in [0.15, 0.2) is 0 Å². The SMILES string of the molecule is Cc1cc(C)n(C2CCN(Cc3ccnc(C(C)C)n3)C2)n1. The highest BCUT2D eigenvalue weighted by Gasteiger charge is 2.25. The van der Waals surface area contributed by atoms with E-state index < -0.39 is 0 Å². The minimum Gasteiger partial charge on any atom is -0.295 e. The molecule has 1 saturated heterocycles. The molecule has 1 aliphatic rings. The maximum absolute atomic E-state index is 4.68. The molecule has 5 heteroatoms. The molecule has 1 fully saturated rings. The van der Waals surface area contributed by atoms with Crippen LogP contribution in [-0.4, -0.2) is 37.7 Å². The lowest BCUT2D eigenvalue weighted by Crippen LogP contribution is -2.23. The van der Waals surface area contributed by atoms with Crippen LogP contribution in [0.1, 0.15) is 55.1 Å². The monoisotopic (exact) mass is 299 g/mol. The molecule has 0 N–H and O–H groups in total. The van der Waals surface area contributed by atoms with E-state index in [0.717, 1.165) is 43.3 Å². The van der Waals surface area contributed by atoms with E-state index in [2.05, 4.69) is 58.4 Å². The van der Waals surface area contributed by atoms with E-state index in [-0.39, 0.29) is 0 Å². The Balaban J connectivity index is 1.66. The fourth-order valence-corrected chi connectivity index (χ4v) is 3.18. The van der Waals surface area contributed by atoms with Crippen LogP contribution in [0.15, 0.2) is 18.3 Å². The maximum Gasteiger partial charge on any atom is 0.131 e. The van der Waals surface area contributed by atoms with Crippen molar-refractivity contribution in [1.29, 1.82) is 0 Å². The molecule has 3 rings (SSSR count). The molecule has 0 bridgehead atoms. The smallest absolute Gasteiger partial charge is 0.131 e. The molecule has 2 aromatic heterocycles. The van der Waals surface area contributed by atoms with Gasteiger partial charge in [0.25, 0.3) is 0 Å². The highest BCUT2D eigenvalue weighted by Crippen LogP contribution is 2.24. The molecular formula is C17H25N5. The number of aromatic nitrogens is 4. The molecule has 0 radical (unpaired) electrons. The minimum atomic E-state index is 0.376. The molecule has 1 aliphatic heterocycles.